The number of nitrogens with one attached hydrogen (secondary N) is 1. The fraction of sp³-hybridized carbons (Fsp3) is 0.417. The highest BCUT2D eigenvalue weighted by Gasteiger charge is 2.08. The summed E-state index contributed by atoms with van der Waals surface area (Å²) in [5.74, 6) is 0. The summed E-state index contributed by atoms with van der Waals surface area (Å²) in [6.45, 7) is 2.60. The summed E-state index contributed by atoms with van der Waals surface area (Å²) in [7, 11) is 1.55. The number of amides is 1. The molecule has 0 bridgehead atoms. The minimum Gasteiger partial charge on any atom is -0.450 e. The van der Waals surface area contributed by atoms with Crippen LogP contribution in [0.25, 0.3) is 0 Å². The number of aryl methyl sites for hydroxylation is 1. The Balaban J connectivity index is 2.37. The van der Waals surface area contributed by atoms with Gasteiger partial charge in [0.1, 0.15) is 0 Å². The summed E-state index contributed by atoms with van der Waals surface area (Å²) in [6.07, 6.45) is 1.05. The molecule has 19 heavy (non-hydrogen) atoms. The summed E-state index contributed by atoms with van der Waals surface area (Å²) in [5.41, 5.74) is 0.981. The van der Waals surface area contributed by atoms with Crippen molar-refractivity contribution in [3.63, 3.8) is 0 Å². The Kier molecular flexibility index (Phi) is 6.11. The maximum atomic E-state index is 11.0. The average molecular weight is 306 g/mol. The van der Waals surface area contributed by atoms with E-state index in [4.69, 9.17) is 15.4 Å². The normalized spacial score (nSPS) is 11.1. The SMILES string of the molecule is CCOC(=O)NCCCc1ccc(S(=O)(=O)Cl)cc1. The molecule has 7 heteroatoms. The number of ether oxygens (including phenoxy) is 1. The summed E-state index contributed by atoms with van der Waals surface area (Å²) >= 11 is 0. The van der Waals surface area contributed by atoms with E-state index in [9.17, 15) is 13.2 Å². The van der Waals surface area contributed by atoms with Gasteiger partial charge in [0.25, 0.3) is 9.05 Å². The molecule has 0 radical (unpaired) electrons. The Labute approximate surface area is 117 Å². The van der Waals surface area contributed by atoms with E-state index < -0.39 is 15.1 Å². The number of rotatable bonds is 6. The van der Waals surface area contributed by atoms with E-state index in [1.165, 1.54) is 12.1 Å². The fourth-order valence-corrected chi connectivity index (χ4v) is 2.25. The molecular weight excluding hydrogens is 290 g/mol. The molecule has 5 nitrogen and oxygen atoms in total. The van der Waals surface area contributed by atoms with Crippen LogP contribution < -0.4 is 5.32 Å². The highest BCUT2D eigenvalue weighted by molar-refractivity contribution is 8.13. The van der Waals surface area contributed by atoms with E-state index in [0.29, 0.717) is 13.2 Å². The average Bonchev–Trinajstić information content (AvgIpc) is 2.34. The molecule has 0 atom stereocenters. The molecule has 1 rings (SSSR count). The quantitative estimate of drug-likeness (QED) is 0.646. The minimum absolute atomic E-state index is 0.0857. The first-order valence-corrected chi connectivity index (χ1v) is 8.18. The Morgan fingerprint density at radius 2 is 1.95 bits per heavy atom. The Bertz CT molecular complexity index is 513. The van der Waals surface area contributed by atoms with Crippen LogP contribution >= 0.6 is 10.7 Å². The van der Waals surface area contributed by atoms with Gasteiger partial charge in [0, 0.05) is 17.2 Å². The van der Waals surface area contributed by atoms with E-state index in [1.54, 1.807) is 19.1 Å². The molecule has 0 saturated carbocycles. The first kappa shape index (κ1) is 15.8. The summed E-state index contributed by atoms with van der Waals surface area (Å²) in [5, 5.41) is 2.61. The smallest absolute Gasteiger partial charge is 0.407 e. The van der Waals surface area contributed by atoms with Crippen LogP contribution in [0.4, 0.5) is 4.79 Å². The third kappa shape index (κ3) is 5.94. The van der Waals surface area contributed by atoms with E-state index in [2.05, 4.69) is 5.32 Å². The van der Waals surface area contributed by atoms with Gasteiger partial charge in [-0.1, -0.05) is 12.1 Å². The lowest BCUT2D eigenvalue weighted by atomic mass is 10.1. The zero-order valence-corrected chi connectivity index (χ0v) is 12.1. The van der Waals surface area contributed by atoms with Crippen LogP contribution in [0.5, 0.6) is 0 Å². The molecule has 0 heterocycles. The second-order valence-corrected chi connectivity index (χ2v) is 6.40. The molecule has 0 aliphatic carbocycles. The van der Waals surface area contributed by atoms with Crippen molar-refractivity contribution in [1.29, 1.82) is 0 Å². The molecule has 0 aliphatic rings. The van der Waals surface area contributed by atoms with Crippen molar-refractivity contribution >= 4 is 25.8 Å². The molecule has 106 valence electrons. The van der Waals surface area contributed by atoms with Crippen LogP contribution in [0, 0.1) is 0 Å². The zero-order valence-electron chi connectivity index (χ0n) is 10.6. The van der Waals surface area contributed by atoms with Gasteiger partial charge >= 0.3 is 6.09 Å². The molecule has 0 fully saturated rings. The van der Waals surface area contributed by atoms with Gasteiger partial charge < -0.3 is 10.1 Å². The number of carbonyl (C=O) groups is 1. The molecule has 0 aromatic heterocycles. The maximum absolute atomic E-state index is 11.0. The molecule has 1 N–H and O–H groups in total. The fourth-order valence-electron chi connectivity index (χ4n) is 1.48. The second kappa shape index (κ2) is 7.35. The molecule has 0 aliphatic heterocycles. The lowest BCUT2D eigenvalue weighted by molar-refractivity contribution is 0.152. The molecule has 0 saturated heterocycles. The van der Waals surface area contributed by atoms with Gasteiger partial charge in [-0.25, -0.2) is 13.2 Å². The predicted molar refractivity (Wildman–Crippen MR) is 72.8 cm³/mol. The van der Waals surface area contributed by atoms with Crippen molar-refractivity contribution in [3.05, 3.63) is 29.8 Å². The molecule has 0 spiro atoms. The van der Waals surface area contributed by atoms with Crippen LogP contribution in [0.2, 0.25) is 0 Å². The lowest BCUT2D eigenvalue weighted by Gasteiger charge is -2.05. The third-order valence-electron chi connectivity index (χ3n) is 2.39. The van der Waals surface area contributed by atoms with Crippen molar-refractivity contribution in [2.75, 3.05) is 13.2 Å². The Hall–Kier alpha value is -1.27. The second-order valence-electron chi connectivity index (χ2n) is 3.83. The van der Waals surface area contributed by atoms with Gasteiger partial charge in [0.15, 0.2) is 0 Å². The van der Waals surface area contributed by atoms with Gasteiger partial charge in [0.05, 0.1) is 11.5 Å². The number of halogens is 1. The summed E-state index contributed by atoms with van der Waals surface area (Å²) in [4.78, 5) is 11.1. The van der Waals surface area contributed by atoms with Crippen molar-refractivity contribution in [2.45, 2.75) is 24.7 Å². The number of hydrogen-bond donors (Lipinski definition) is 1. The first-order chi connectivity index (χ1) is 8.93. The number of carbonyl (C=O) groups excluding carboxylic acids is 1. The molecule has 1 amide bonds. The van der Waals surface area contributed by atoms with Crippen LogP contribution in [-0.4, -0.2) is 27.7 Å². The largest absolute Gasteiger partial charge is 0.450 e. The van der Waals surface area contributed by atoms with Crippen LogP contribution in [0.1, 0.15) is 18.9 Å². The Morgan fingerprint density at radius 3 is 2.47 bits per heavy atom. The zero-order chi connectivity index (χ0) is 14.3. The van der Waals surface area contributed by atoms with Gasteiger partial charge in [-0.15, -0.1) is 0 Å². The molecule has 1 aromatic carbocycles. The van der Waals surface area contributed by atoms with Gasteiger partial charge in [-0.05, 0) is 37.5 Å². The highest BCUT2D eigenvalue weighted by Crippen LogP contribution is 2.15. The lowest BCUT2D eigenvalue weighted by Crippen LogP contribution is -2.25. The maximum Gasteiger partial charge on any atom is 0.407 e. The van der Waals surface area contributed by atoms with Crippen molar-refractivity contribution in [1.82, 2.24) is 5.32 Å². The van der Waals surface area contributed by atoms with Crippen molar-refractivity contribution < 1.29 is 17.9 Å². The van der Waals surface area contributed by atoms with Crippen LogP contribution in [-0.2, 0) is 20.2 Å². The van der Waals surface area contributed by atoms with E-state index >= 15 is 0 Å². The summed E-state index contributed by atoms with van der Waals surface area (Å²) in [6, 6.07) is 6.35. The Morgan fingerprint density at radius 1 is 1.32 bits per heavy atom. The van der Waals surface area contributed by atoms with E-state index in [-0.39, 0.29) is 4.90 Å². The first-order valence-electron chi connectivity index (χ1n) is 5.87. The number of hydrogen-bond acceptors (Lipinski definition) is 4. The molecule has 0 unspecified atom stereocenters. The van der Waals surface area contributed by atoms with Crippen LogP contribution in [0.3, 0.4) is 0 Å². The van der Waals surface area contributed by atoms with Gasteiger partial charge in [0.2, 0.25) is 0 Å². The number of alkyl carbamates (subject to hydrolysis) is 1. The topological polar surface area (TPSA) is 72.5 Å². The standard InChI is InChI=1S/C12H16ClNO4S/c1-2-18-12(15)14-9-3-4-10-5-7-11(8-6-10)19(13,16)17/h5-8H,2-4,9H2,1H3,(H,14,15). The molecular formula is C12H16ClNO4S. The predicted octanol–water partition coefficient (Wildman–Crippen LogP) is 2.29. The third-order valence-corrected chi connectivity index (χ3v) is 3.76. The van der Waals surface area contributed by atoms with Crippen molar-refractivity contribution in [3.8, 4) is 0 Å². The van der Waals surface area contributed by atoms with E-state index in [0.717, 1.165) is 18.4 Å². The van der Waals surface area contributed by atoms with Gasteiger partial charge in [-0.2, -0.15) is 0 Å². The monoisotopic (exact) mass is 305 g/mol. The van der Waals surface area contributed by atoms with Gasteiger partial charge in [-0.3, -0.25) is 0 Å². The highest BCUT2D eigenvalue weighted by atomic mass is 35.7. The van der Waals surface area contributed by atoms with E-state index in [1.807, 2.05) is 0 Å². The summed E-state index contributed by atoms with van der Waals surface area (Å²) < 4.78 is 26.8. The molecule has 1 aromatic rings. The van der Waals surface area contributed by atoms with Crippen LogP contribution in [0.15, 0.2) is 29.2 Å². The number of benzene rings is 1. The minimum atomic E-state index is -3.66. The van der Waals surface area contributed by atoms with Crippen molar-refractivity contribution in [2.24, 2.45) is 0 Å².